The first kappa shape index (κ1) is 16.0. The smallest absolute Gasteiger partial charge is 0.262 e. The van der Waals surface area contributed by atoms with Crippen molar-refractivity contribution in [3.8, 4) is 34.3 Å². The van der Waals surface area contributed by atoms with E-state index in [0.29, 0.717) is 24.1 Å². The number of hydrogen-bond acceptors (Lipinski definition) is 6. The van der Waals surface area contributed by atoms with Gasteiger partial charge < -0.3 is 19.3 Å². The molecule has 1 N–H and O–H groups in total. The maximum Gasteiger partial charge on any atom is 0.262 e. The summed E-state index contributed by atoms with van der Waals surface area (Å²) in [5.74, 6) is 1.77. The van der Waals surface area contributed by atoms with Crippen LogP contribution in [0.25, 0.3) is 22.8 Å². The van der Waals surface area contributed by atoms with Gasteiger partial charge in [0.2, 0.25) is 5.82 Å². The highest BCUT2D eigenvalue weighted by Crippen LogP contribution is 2.30. The highest BCUT2D eigenvalue weighted by molar-refractivity contribution is 5.65. The maximum atomic E-state index is 9.36. The Labute approximate surface area is 140 Å². The zero-order chi connectivity index (χ0) is 16.9. The molecule has 0 aliphatic carbocycles. The van der Waals surface area contributed by atoms with Crippen LogP contribution in [-0.2, 0) is 0 Å². The van der Waals surface area contributed by atoms with Crippen LogP contribution in [-0.4, -0.2) is 47.4 Å². The van der Waals surface area contributed by atoms with Crippen LogP contribution in [0.2, 0.25) is 0 Å². The highest BCUT2D eigenvalue weighted by Gasteiger charge is 2.14. The van der Waals surface area contributed by atoms with E-state index in [1.54, 1.807) is 24.3 Å². The predicted octanol–water partition coefficient (Wildman–Crippen LogP) is 3.05. The molecule has 0 bridgehead atoms. The second-order valence-electron chi connectivity index (χ2n) is 5.62. The number of ether oxygens (including phenoxy) is 1. The van der Waals surface area contributed by atoms with Crippen LogP contribution in [0, 0.1) is 0 Å². The normalized spacial score (nSPS) is 11.0. The van der Waals surface area contributed by atoms with Crippen molar-refractivity contribution in [2.24, 2.45) is 0 Å². The Hall–Kier alpha value is -2.86. The highest BCUT2D eigenvalue weighted by atomic mass is 16.5. The van der Waals surface area contributed by atoms with Crippen molar-refractivity contribution in [1.29, 1.82) is 0 Å². The van der Waals surface area contributed by atoms with E-state index in [4.69, 9.17) is 9.26 Å². The molecule has 0 saturated heterocycles. The Bertz CT molecular complexity index is 797. The molecule has 0 aliphatic heterocycles. The van der Waals surface area contributed by atoms with E-state index in [0.717, 1.165) is 17.7 Å². The van der Waals surface area contributed by atoms with Gasteiger partial charge in [0.1, 0.15) is 18.1 Å². The first-order valence-electron chi connectivity index (χ1n) is 7.63. The third-order valence-electron chi connectivity index (χ3n) is 3.47. The molecule has 1 aromatic heterocycles. The number of phenols is 1. The van der Waals surface area contributed by atoms with Crippen molar-refractivity contribution in [2.75, 3.05) is 27.2 Å². The number of benzene rings is 2. The first-order chi connectivity index (χ1) is 11.6. The average molecular weight is 325 g/mol. The second kappa shape index (κ2) is 7.14. The van der Waals surface area contributed by atoms with Crippen molar-refractivity contribution in [3.05, 3.63) is 48.5 Å². The Morgan fingerprint density at radius 3 is 2.58 bits per heavy atom. The molecule has 0 radical (unpaired) electrons. The molecule has 1 heterocycles. The van der Waals surface area contributed by atoms with Crippen molar-refractivity contribution < 1.29 is 14.4 Å². The third-order valence-corrected chi connectivity index (χ3v) is 3.47. The van der Waals surface area contributed by atoms with Crippen molar-refractivity contribution >= 4 is 0 Å². The largest absolute Gasteiger partial charge is 0.508 e. The van der Waals surface area contributed by atoms with Gasteiger partial charge in [-0.05, 0) is 50.5 Å². The average Bonchev–Trinajstić information content (AvgIpc) is 3.05. The summed E-state index contributed by atoms with van der Waals surface area (Å²) in [5, 5.41) is 13.4. The summed E-state index contributed by atoms with van der Waals surface area (Å²) in [4.78, 5) is 6.49. The van der Waals surface area contributed by atoms with Gasteiger partial charge in [0.05, 0.1) is 5.56 Å². The zero-order valence-corrected chi connectivity index (χ0v) is 13.6. The van der Waals surface area contributed by atoms with E-state index in [1.165, 1.54) is 0 Å². The van der Waals surface area contributed by atoms with Gasteiger partial charge >= 0.3 is 0 Å². The molecule has 6 nitrogen and oxygen atoms in total. The number of phenolic OH excluding ortho intramolecular Hbond substituents is 1. The van der Waals surface area contributed by atoms with E-state index in [2.05, 4.69) is 15.0 Å². The fraction of sp³-hybridized carbons (Fsp3) is 0.222. The fourth-order valence-corrected chi connectivity index (χ4v) is 2.17. The SMILES string of the molecule is CN(C)CCOc1ccccc1-c1nc(-c2ccc(O)cc2)no1. The fourth-order valence-electron chi connectivity index (χ4n) is 2.17. The summed E-state index contributed by atoms with van der Waals surface area (Å²) in [6.45, 7) is 1.39. The molecule has 0 saturated carbocycles. The first-order valence-corrected chi connectivity index (χ1v) is 7.63. The van der Waals surface area contributed by atoms with E-state index in [9.17, 15) is 5.11 Å². The van der Waals surface area contributed by atoms with Gasteiger partial charge in [0.15, 0.2) is 0 Å². The molecule has 3 rings (SSSR count). The molecular weight excluding hydrogens is 306 g/mol. The van der Waals surface area contributed by atoms with Gasteiger partial charge in [-0.2, -0.15) is 4.98 Å². The molecule has 2 aromatic carbocycles. The van der Waals surface area contributed by atoms with Crippen molar-refractivity contribution in [3.63, 3.8) is 0 Å². The molecular formula is C18H19N3O3. The van der Waals surface area contributed by atoms with Crippen LogP contribution in [0.4, 0.5) is 0 Å². The molecule has 0 amide bonds. The van der Waals surface area contributed by atoms with E-state index >= 15 is 0 Å². The Morgan fingerprint density at radius 2 is 1.83 bits per heavy atom. The molecule has 0 spiro atoms. The summed E-state index contributed by atoms with van der Waals surface area (Å²) >= 11 is 0. The lowest BCUT2D eigenvalue weighted by Gasteiger charge is -2.12. The maximum absolute atomic E-state index is 9.36. The standard InChI is InChI=1S/C18H19N3O3/c1-21(2)11-12-23-16-6-4-3-5-15(16)18-19-17(20-24-18)13-7-9-14(22)10-8-13/h3-10,22H,11-12H2,1-2H3. The van der Waals surface area contributed by atoms with Gasteiger partial charge in [0, 0.05) is 12.1 Å². The number of nitrogens with zero attached hydrogens (tertiary/aromatic N) is 3. The molecule has 0 aliphatic rings. The molecule has 24 heavy (non-hydrogen) atoms. The Kier molecular flexibility index (Phi) is 4.77. The van der Waals surface area contributed by atoms with Crippen LogP contribution in [0.1, 0.15) is 0 Å². The minimum absolute atomic E-state index is 0.196. The summed E-state index contributed by atoms with van der Waals surface area (Å²) in [6, 6.07) is 14.2. The molecule has 0 atom stereocenters. The van der Waals surface area contributed by atoms with Crippen molar-refractivity contribution in [1.82, 2.24) is 15.0 Å². The minimum Gasteiger partial charge on any atom is -0.508 e. The Balaban J connectivity index is 1.83. The van der Waals surface area contributed by atoms with Gasteiger partial charge in [0.25, 0.3) is 5.89 Å². The molecule has 6 heteroatoms. The Morgan fingerprint density at radius 1 is 1.08 bits per heavy atom. The van der Waals surface area contributed by atoms with Crippen LogP contribution in [0.5, 0.6) is 11.5 Å². The van der Waals surface area contributed by atoms with Crippen LogP contribution in [0.3, 0.4) is 0 Å². The molecule has 0 unspecified atom stereocenters. The van der Waals surface area contributed by atoms with E-state index < -0.39 is 0 Å². The van der Waals surface area contributed by atoms with Gasteiger partial charge in [-0.1, -0.05) is 17.3 Å². The minimum atomic E-state index is 0.196. The van der Waals surface area contributed by atoms with E-state index in [-0.39, 0.29) is 5.75 Å². The topological polar surface area (TPSA) is 71.6 Å². The zero-order valence-electron chi connectivity index (χ0n) is 13.6. The van der Waals surface area contributed by atoms with Gasteiger partial charge in [-0.15, -0.1) is 0 Å². The number of para-hydroxylation sites is 1. The monoisotopic (exact) mass is 325 g/mol. The summed E-state index contributed by atoms with van der Waals surface area (Å²) in [6.07, 6.45) is 0. The summed E-state index contributed by atoms with van der Waals surface area (Å²) in [7, 11) is 3.99. The van der Waals surface area contributed by atoms with Crippen LogP contribution >= 0.6 is 0 Å². The van der Waals surface area contributed by atoms with Crippen LogP contribution < -0.4 is 4.74 Å². The number of aromatic hydroxyl groups is 1. The number of aromatic nitrogens is 2. The molecule has 0 fully saturated rings. The lowest BCUT2D eigenvalue weighted by molar-refractivity contribution is 0.261. The predicted molar refractivity (Wildman–Crippen MR) is 90.9 cm³/mol. The lowest BCUT2D eigenvalue weighted by atomic mass is 10.2. The van der Waals surface area contributed by atoms with E-state index in [1.807, 2.05) is 38.4 Å². The van der Waals surface area contributed by atoms with Gasteiger partial charge in [-0.3, -0.25) is 0 Å². The van der Waals surface area contributed by atoms with Crippen LogP contribution in [0.15, 0.2) is 53.1 Å². The summed E-state index contributed by atoms with van der Waals surface area (Å²) < 4.78 is 11.2. The molecule has 124 valence electrons. The molecule has 3 aromatic rings. The van der Waals surface area contributed by atoms with Gasteiger partial charge in [-0.25, -0.2) is 0 Å². The number of likely N-dealkylation sites (N-methyl/N-ethyl adjacent to an activating group) is 1. The lowest BCUT2D eigenvalue weighted by Crippen LogP contribution is -2.19. The summed E-state index contributed by atoms with van der Waals surface area (Å²) in [5.41, 5.74) is 1.53. The van der Waals surface area contributed by atoms with Crippen molar-refractivity contribution in [2.45, 2.75) is 0 Å². The third kappa shape index (κ3) is 3.72. The number of hydrogen-bond donors (Lipinski definition) is 1. The quantitative estimate of drug-likeness (QED) is 0.751. The number of rotatable bonds is 6. The second-order valence-corrected chi connectivity index (χ2v) is 5.62.